The van der Waals surface area contributed by atoms with E-state index in [4.69, 9.17) is 5.11 Å². The van der Waals surface area contributed by atoms with Crippen molar-refractivity contribution in [2.75, 3.05) is 6.26 Å². The Labute approximate surface area is 100 Å². The smallest absolute Gasteiger partial charge is 0.329 e. The van der Waals surface area contributed by atoms with E-state index in [1.54, 1.807) is 0 Å². The molecule has 0 atom stereocenters. The minimum absolute atomic E-state index is 0.349. The third-order valence-corrected chi connectivity index (χ3v) is 4.39. The zero-order valence-corrected chi connectivity index (χ0v) is 10.2. The molecule has 1 saturated carbocycles. The van der Waals surface area contributed by atoms with Crippen LogP contribution in [0.15, 0.2) is 10.5 Å². The molecule has 2 N–H and O–H groups in total. The molecule has 0 aliphatic heterocycles. The minimum Gasteiger partial charge on any atom is -0.480 e. The van der Waals surface area contributed by atoms with Gasteiger partial charge in [-0.25, -0.2) is 9.78 Å². The van der Waals surface area contributed by atoms with E-state index in [0.29, 0.717) is 17.7 Å². The van der Waals surface area contributed by atoms with Crippen LogP contribution in [0.25, 0.3) is 0 Å². The van der Waals surface area contributed by atoms with Gasteiger partial charge in [0.1, 0.15) is 14.8 Å². The first-order chi connectivity index (χ1) is 7.57. The molecule has 1 aromatic heterocycles. The van der Waals surface area contributed by atoms with Crippen LogP contribution in [0.5, 0.6) is 0 Å². The number of hydrogen-bond acceptors (Lipinski definition) is 5. The number of amides is 1. The van der Waals surface area contributed by atoms with Crippen molar-refractivity contribution >= 4 is 35.0 Å². The van der Waals surface area contributed by atoms with Gasteiger partial charge in [-0.3, -0.25) is 4.79 Å². The Kier molecular flexibility index (Phi) is 2.90. The Bertz CT molecular complexity index is 440. The van der Waals surface area contributed by atoms with Gasteiger partial charge in [-0.1, -0.05) is 11.8 Å². The summed E-state index contributed by atoms with van der Waals surface area (Å²) in [6.07, 6.45) is 4.36. The number of carboxylic acid groups (broad SMARTS) is 1. The molecular formula is C9H10N2O3S2. The molecule has 0 spiro atoms. The molecule has 1 fully saturated rings. The summed E-state index contributed by atoms with van der Waals surface area (Å²) in [5.41, 5.74) is -1.03. The van der Waals surface area contributed by atoms with E-state index in [9.17, 15) is 9.59 Å². The monoisotopic (exact) mass is 258 g/mol. The summed E-state index contributed by atoms with van der Waals surface area (Å²) in [5, 5.41) is 11.5. The van der Waals surface area contributed by atoms with E-state index < -0.39 is 11.5 Å². The van der Waals surface area contributed by atoms with Crippen LogP contribution in [0.1, 0.15) is 22.5 Å². The van der Waals surface area contributed by atoms with Crippen molar-refractivity contribution < 1.29 is 14.7 Å². The van der Waals surface area contributed by atoms with Crippen molar-refractivity contribution in [2.45, 2.75) is 22.7 Å². The summed E-state index contributed by atoms with van der Waals surface area (Å²) in [6, 6.07) is 0. The Hall–Kier alpha value is -1.08. The number of hydrogen-bond donors (Lipinski definition) is 2. The van der Waals surface area contributed by atoms with E-state index in [1.807, 2.05) is 6.26 Å². The van der Waals surface area contributed by atoms with E-state index in [2.05, 4.69) is 10.3 Å². The van der Waals surface area contributed by atoms with E-state index in [0.717, 1.165) is 4.34 Å². The third kappa shape index (κ3) is 2.05. The highest BCUT2D eigenvalue weighted by Crippen LogP contribution is 2.36. The van der Waals surface area contributed by atoms with Gasteiger partial charge < -0.3 is 10.4 Å². The van der Waals surface area contributed by atoms with Gasteiger partial charge in [-0.2, -0.15) is 0 Å². The quantitative estimate of drug-likeness (QED) is 0.794. The molecule has 1 aromatic rings. The first kappa shape index (κ1) is 11.4. The first-order valence-corrected chi connectivity index (χ1v) is 6.67. The molecule has 5 nitrogen and oxygen atoms in total. The predicted molar refractivity (Wildman–Crippen MR) is 61.0 cm³/mol. The van der Waals surface area contributed by atoms with Gasteiger partial charge in [0.25, 0.3) is 5.91 Å². The summed E-state index contributed by atoms with van der Waals surface area (Å²) in [5.74, 6) is -1.31. The molecule has 1 amide bonds. The fraction of sp³-hybridized carbons (Fsp3) is 0.444. The Morgan fingerprint density at radius 3 is 2.75 bits per heavy atom. The zero-order valence-electron chi connectivity index (χ0n) is 8.52. The second-order valence-corrected chi connectivity index (χ2v) is 5.62. The van der Waals surface area contributed by atoms with Gasteiger partial charge in [-0.15, -0.1) is 11.3 Å². The van der Waals surface area contributed by atoms with Crippen LogP contribution in [0.4, 0.5) is 0 Å². The summed E-state index contributed by atoms with van der Waals surface area (Å²) < 4.78 is 0.797. The van der Waals surface area contributed by atoms with E-state index >= 15 is 0 Å². The Morgan fingerprint density at radius 1 is 1.62 bits per heavy atom. The van der Waals surface area contributed by atoms with Gasteiger partial charge in [0.15, 0.2) is 0 Å². The van der Waals surface area contributed by atoms with Crippen LogP contribution in [-0.2, 0) is 4.79 Å². The van der Waals surface area contributed by atoms with Gasteiger partial charge in [0.05, 0.1) is 6.20 Å². The van der Waals surface area contributed by atoms with Gasteiger partial charge in [0, 0.05) is 0 Å². The predicted octanol–water partition coefficient (Wildman–Crippen LogP) is 1.21. The molecule has 0 radical (unpaired) electrons. The minimum atomic E-state index is -1.03. The zero-order chi connectivity index (χ0) is 11.8. The van der Waals surface area contributed by atoms with Crippen LogP contribution >= 0.6 is 23.1 Å². The molecule has 0 unspecified atom stereocenters. The van der Waals surface area contributed by atoms with E-state index in [-0.39, 0.29) is 5.91 Å². The number of aromatic nitrogens is 1. The highest BCUT2D eigenvalue weighted by molar-refractivity contribution is 8.00. The third-order valence-electron chi connectivity index (χ3n) is 2.40. The maximum atomic E-state index is 11.7. The summed E-state index contributed by atoms with van der Waals surface area (Å²) >= 11 is 2.73. The molecule has 0 aromatic carbocycles. The lowest BCUT2D eigenvalue weighted by Gasteiger charge is -2.10. The fourth-order valence-corrected chi connectivity index (χ4v) is 2.56. The largest absolute Gasteiger partial charge is 0.480 e. The normalized spacial score (nSPS) is 16.8. The van der Waals surface area contributed by atoms with Crippen molar-refractivity contribution in [3.05, 3.63) is 11.1 Å². The molecule has 2 rings (SSSR count). The van der Waals surface area contributed by atoms with Crippen molar-refractivity contribution in [1.82, 2.24) is 10.3 Å². The van der Waals surface area contributed by atoms with Crippen molar-refractivity contribution in [3.63, 3.8) is 0 Å². The molecule has 1 heterocycles. The number of rotatable bonds is 4. The average Bonchev–Trinajstić information content (AvgIpc) is 2.88. The summed E-state index contributed by atoms with van der Waals surface area (Å²) in [4.78, 5) is 27.1. The highest BCUT2D eigenvalue weighted by atomic mass is 32.2. The van der Waals surface area contributed by atoms with Crippen LogP contribution < -0.4 is 5.32 Å². The molecule has 1 aliphatic rings. The Balaban J connectivity index is 2.06. The van der Waals surface area contributed by atoms with Crippen molar-refractivity contribution in [3.8, 4) is 0 Å². The fourth-order valence-electron chi connectivity index (χ4n) is 1.25. The molecule has 86 valence electrons. The van der Waals surface area contributed by atoms with Crippen molar-refractivity contribution in [2.24, 2.45) is 0 Å². The van der Waals surface area contributed by atoms with Crippen LogP contribution in [0, 0.1) is 0 Å². The first-order valence-electron chi connectivity index (χ1n) is 4.63. The van der Waals surface area contributed by atoms with Crippen molar-refractivity contribution in [1.29, 1.82) is 0 Å². The number of thioether (sulfide) groups is 1. The molecule has 0 saturated heterocycles. The number of thiazole rings is 1. The van der Waals surface area contributed by atoms with E-state index in [1.165, 1.54) is 29.3 Å². The average molecular weight is 258 g/mol. The molecule has 1 aliphatic carbocycles. The second-order valence-electron chi connectivity index (χ2n) is 3.54. The highest BCUT2D eigenvalue weighted by Gasteiger charge is 2.51. The number of nitrogens with one attached hydrogen (secondary N) is 1. The topological polar surface area (TPSA) is 79.3 Å². The molecule has 7 heteroatoms. The lowest BCUT2D eigenvalue weighted by atomic mass is 10.2. The van der Waals surface area contributed by atoms with Gasteiger partial charge >= 0.3 is 5.97 Å². The number of nitrogens with zero attached hydrogens (tertiary/aromatic N) is 1. The number of carbonyl (C=O) groups is 2. The maximum absolute atomic E-state index is 11.7. The van der Waals surface area contributed by atoms with Gasteiger partial charge in [-0.05, 0) is 19.1 Å². The van der Waals surface area contributed by atoms with Gasteiger partial charge in [0.2, 0.25) is 0 Å². The Morgan fingerprint density at radius 2 is 2.31 bits per heavy atom. The lowest BCUT2D eigenvalue weighted by molar-refractivity contribution is -0.140. The second kappa shape index (κ2) is 4.06. The molecule has 16 heavy (non-hydrogen) atoms. The maximum Gasteiger partial charge on any atom is 0.329 e. The van der Waals surface area contributed by atoms with Crippen LogP contribution in [0.3, 0.4) is 0 Å². The summed E-state index contributed by atoms with van der Waals surface area (Å²) in [6.45, 7) is 0. The molecular weight excluding hydrogens is 248 g/mol. The SMILES string of the molecule is CSc1ncc(C(=O)NC2(C(=O)O)CC2)s1. The summed E-state index contributed by atoms with van der Waals surface area (Å²) in [7, 11) is 0. The van der Waals surface area contributed by atoms with Crippen LogP contribution in [0.2, 0.25) is 0 Å². The van der Waals surface area contributed by atoms with Crippen LogP contribution in [-0.4, -0.2) is 33.8 Å². The number of carboxylic acids is 1. The number of aliphatic carboxylic acids is 1. The molecule has 0 bridgehead atoms. The lowest BCUT2D eigenvalue weighted by Crippen LogP contribution is -2.42. The number of carbonyl (C=O) groups excluding carboxylic acids is 1. The standard InChI is InChI=1S/C9H10N2O3S2/c1-15-8-10-4-5(16-8)6(12)11-9(2-3-9)7(13)14/h4H,2-3H2,1H3,(H,11,12)(H,13,14).